The number of carbonyl (C=O) groups is 1. The van der Waals surface area contributed by atoms with E-state index in [0.29, 0.717) is 27.6 Å². The third-order valence-electron chi connectivity index (χ3n) is 6.40. The zero-order valence-corrected chi connectivity index (χ0v) is 20.9. The number of carbonyl (C=O) groups excluding carboxylic acids is 1. The number of anilines is 1. The van der Waals surface area contributed by atoms with E-state index in [2.05, 4.69) is 29.4 Å². The number of aromatic nitrogens is 1. The number of thiophene rings is 1. The fourth-order valence-corrected chi connectivity index (χ4v) is 6.80. The van der Waals surface area contributed by atoms with Gasteiger partial charge in [-0.1, -0.05) is 31.5 Å². The van der Waals surface area contributed by atoms with Gasteiger partial charge in [0.15, 0.2) is 0 Å². The van der Waals surface area contributed by atoms with Crippen LogP contribution in [-0.4, -0.2) is 34.6 Å². The van der Waals surface area contributed by atoms with Gasteiger partial charge in [-0.3, -0.25) is 4.79 Å². The van der Waals surface area contributed by atoms with Crippen molar-refractivity contribution in [2.24, 2.45) is 0 Å². The Labute approximate surface area is 204 Å². The Hall–Kier alpha value is -2.39. The summed E-state index contributed by atoms with van der Waals surface area (Å²) in [5.41, 5.74) is 4.49. The van der Waals surface area contributed by atoms with Gasteiger partial charge in [0.2, 0.25) is 5.91 Å². The lowest BCUT2D eigenvalue weighted by atomic mass is 9.96. The molecule has 2 aromatic rings. The first-order valence-corrected chi connectivity index (χ1v) is 13.4. The van der Waals surface area contributed by atoms with Gasteiger partial charge in [-0.05, 0) is 62.8 Å². The van der Waals surface area contributed by atoms with Gasteiger partial charge in [-0.15, -0.1) is 11.3 Å². The molecule has 1 aliphatic heterocycles. The standard InChI is InChI=1S/C25H29N5OS2/c1-3-21(23(31)29-25-19(14-27)18-10-11-30(2)15-22(18)33-25)32-24-17(13-26)12-16-8-6-4-5-7-9-20(16)28-24/h12,21H,3-11,15H2,1-2H3,(H,29,31). The van der Waals surface area contributed by atoms with Crippen molar-refractivity contribution >= 4 is 34.0 Å². The molecule has 0 radical (unpaired) electrons. The molecule has 0 spiro atoms. The minimum Gasteiger partial charge on any atom is -0.316 e. The third kappa shape index (κ3) is 5.24. The lowest BCUT2D eigenvalue weighted by molar-refractivity contribution is -0.115. The summed E-state index contributed by atoms with van der Waals surface area (Å²) in [5, 5.41) is 23.4. The van der Waals surface area contributed by atoms with Crippen LogP contribution in [0.1, 0.15) is 71.9 Å². The van der Waals surface area contributed by atoms with E-state index in [1.165, 1.54) is 41.5 Å². The second-order valence-electron chi connectivity index (χ2n) is 8.78. The van der Waals surface area contributed by atoms with Crippen molar-refractivity contribution in [3.8, 4) is 12.1 Å². The zero-order chi connectivity index (χ0) is 23.4. The van der Waals surface area contributed by atoms with Gasteiger partial charge in [-0.2, -0.15) is 10.5 Å². The summed E-state index contributed by atoms with van der Waals surface area (Å²) < 4.78 is 0. The van der Waals surface area contributed by atoms with Crippen molar-refractivity contribution in [3.63, 3.8) is 0 Å². The fraction of sp³-hybridized carbons (Fsp3) is 0.520. The third-order valence-corrected chi connectivity index (χ3v) is 8.90. The number of hydrogen-bond acceptors (Lipinski definition) is 7. The first-order chi connectivity index (χ1) is 16.0. The number of aryl methyl sites for hydroxylation is 2. The summed E-state index contributed by atoms with van der Waals surface area (Å²) >= 11 is 2.88. The molecule has 1 N–H and O–H groups in total. The predicted octanol–water partition coefficient (Wildman–Crippen LogP) is 5.04. The molecule has 0 saturated heterocycles. The molecule has 172 valence electrons. The lowest BCUT2D eigenvalue weighted by Gasteiger charge is -2.21. The topological polar surface area (TPSA) is 92.8 Å². The van der Waals surface area contributed by atoms with Gasteiger partial charge in [0.1, 0.15) is 22.2 Å². The molecule has 1 unspecified atom stereocenters. The summed E-state index contributed by atoms with van der Waals surface area (Å²) in [6, 6.07) is 6.59. The highest BCUT2D eigenvalue weighted by atomic mass is 32.2. The number of rotatable bonds is 5. The summed E-state index contributed by atoms with van der Waals surface area (Å²) in [4.78, 5) is 21.5. The van der Waals surface area contributed by atoms with Crippen LogP contribution in [0.2, 0.25) is 0 Å². The molecule has 1 atom stereocenters. The van der Waals surface area contributed by atoms with Crippen LogP contribution in [0.4, 0.5) is 5.00 Å². The van der Waals surface area contributed by atoms with E-state index in [4.69, 9.17) is 4.98 Å². The molecule has 0 saturated carbocycles. The molecule has 6 nitrogen and oxygen atoms in total. The maximum atomic E-state index is 13.2. The monoisotopic (exact) mass is 479 g/mol. The fourth-order valence-electron chi connectivity index (χ4n) is 4.53. The SMILES string of the molecule is CCC(Sc1nc2c(cc1C#N)CCCCCC2)C(=O)Nc1sc2c(c1C#N)CCN(C)C2. The Kier molecular flexibility index (Phi) is 7.70. The van der Waals surface area contributed by atoms with Crippen LogP contribution in [-0.2, 0) is 30.6 Å². The number of likely N-dealkylation sites (N-methyl/N-ethyl adjacent to an activating group) is 1. The molecule has 0 bridgehead atoms. The molecule has 4 rings (SSSR count). The minimum absolute atomic E-state index is 0.136. The maximum Gasteiger partial charge on any atom is 0.238 e. The Balaban J connectivity index is 1.55. The Morgan fingerprint density at radius 1 is 1.24 bits per heavy atom. The number of nitrogens with one attached hydrogen (secondary N) is 1. The normalized spacial score (nSPS) is 17.0. The molecule has 1 amide bonds. The van der Waals surface area contributed by atoms with E-state index in [0.717, 1.165) is 61.3 Å². The molecule has 1 aliphatic carbocycles. The molecule has 2 aromatic heterocycles. The number of fused-ring (bicyclic) bond motifs is 2. The Bertz CT molecular complexity index is 1130. The van der Waals surface area contributed by atoms with E-state index in [1.807, 2.05) is 13.0 Å². The van der Waals surface area contributed by atoms with Gasteiger partial charge in [-0.25, -0.2) is 4.98 Å². The van der Waals surface area contributed by atoms with Crippen molar-refractivity contribution < 1.29 is 4.79 Å². The average molecular weight is 480 g/mol. The van der Waals surface area contributed by atoms with Crippen LogP contribution in [0.5, 0.6) is 0 Å². The number of pyridine rings is 1. The lowest BCUT2D eigenvalue weighted by Crippen LogP contribution is -2.25. The Morgan fingerprint density at radius 3 is 2.76 bits per heavy atom. The highest BCUT2D eigenvalue weighted by Crippen LogP contribution is 2.37. The molecular formula is C25H29N5OS2. The number of nitriles is 2. The molecule has 8 heteroatoms. The number of nitrogens with zero attached hydrogens (tertiary/aromatic N) is 4. The predicted molar refractivity (Wildman–Crippen MR) is 132 cm³/mol. The van der Waals surface area contributed by atoms with E-state index >= 15 is 0 Å². The van der Waals surface area contributed by atoms with Gasteiger partial charge < -0.3 is 10.2 Å². The van der Waals surface area contributed by atoms with E-state index in [9.17, 15) is 15.3 Å². The summed E-state index contributed by atoms with van der Waals surface area (Å²) in [6.07, 6.45) is 8.02. The number of amides is 1. The molecule has 2 aliphatic rings. The van der Waals surface area contributed by atoms with Crippen LogP contribution in [0, 0.1) is 22.7 Å². The largest absolute Gasteiger partial charge is 0.316 e. The van der Waals surface area contributed by atoms with Crippen LogP contribution < -0.4 is 5.32 Å². The summed E-state index contributed by atoms with van der Waals surface area (Å²) in [6.45, 7) is 3.69. The first-order valence-electron chi connectivity index (χ1n) is 11.7. The van der Waals surface area contributed by atoms with E-state index < -0.39 is 0 Å². The molecule has 0 fully saturated rings. The van der Waals surface area contributed by atoms with Gasteiger partial charge >= 0.3 is 0 Å². The number of thioether (sulfide) groups is 1. The van der Waals surface area contributed by atoms with Crippen molar-refractivity contribution in [1.82, 2.24) is 9.88 Å². The second-order valence-corrected chi connectivity index (χ2v) is 11.1. The van der Waals surface area contributed by atoms with Crippen molar-refractivity contribution in [1.29, 1.82) is 10.5 Å². The summed E-state index contributed by atoms with van der Waals surface area (Å²) in [5.74, 6) is -0.136. The van der Waals surface area contributed by atoms with Crippen molar-refractivity contribution in [3.05, 3.63) is 38.9 Å². The van der Waals surface area contributed by atoms with Crippen LogP contribution in [0.25, 0.3) is 0 Å². The highest BCUT2D eigenvalue weighted by molar-refractivity contribution is 8.00. The average Bonchev–Trinajstić information content (AvgIpc) is 3.13. The van der Waals surface area contributed by atoms with Crippen LogP contribution in [0.3, 0.4) is 0 Å². The highest BCUT2D eigenvalue weighted by Gasteiger charge is 2.27. The quantitative estimate of drug-likeness (QED) is 0.604. The van der Waals surface area contributed by atoms with E-state index in [1.54, 1.807) is 0 Å². The van der Waals surface area contributed by atoms with Crippen molar-refractivity contribution in [2.75, 3.05) is 18.9 Å². The van der Waals surface area contributed by atoms with Gasteiger partial charge in [0.25, 0.3) is 0 Å². The smallest absolute Gasteiger partial charge is 0.238 e. The molecule has 33 heavy (non-hydrogen) atoms. The van der Waals surface area contributed by atoms with Gasteiger partial charge in [0, 0.05) is 23.7 Å². The zero-order valence-electron chi connectivity index (χ0n) is 19.2. The van der Waals surface area contributed by atoms with Crippen LogP contribution >= 0.6 is 23.1 Å². The summed E-state index contributed by atoms with van der Waals surface area (Å²) in [7, 11) is 2.07. The van der Waals surface area contributed by atoms with Gasteiger partial charge in [0.05, 0.1) is 16.4 Å². The Morgan fingerprint density at radius 2 is 2.03 bits per heavy atom. The minimum atomic E-state index is -0.385. The number of hydrogen-bond donors (Lipinski definition) is 1. The van der Waals surface area contributed by atoms with E-state index in [-0.39, 0.29) is 11.2 Å². The maximum absolute atomic E-state index is 13.2. The van der Waals surface area contributed by atoms with Crippen molar-refractivity contribution in [2.45, 2.75) is 75.1 Å². The molecule has 3 heterocycles. The molecular weight excluding hydrogens is 450 g/mol. The second kappa shape index (κ2) is 10.7. The molecule has 0 aromatic carbocycles. The van der Waals surface area contributed by atoms with Crippen LogP contribution in [0.15, 0.2) is 11.1 Å². The first kappa shape index (κ1) is 23.8.